The predicted molar refractivity (Wildman–Crippen MR) is 103 cm³/mol. The third-order valence-corrected chi connectivity index (χ3v) is 5.57. The number of hydrogen-bond acceptors (Lipinski definition) is 5. The summed E-state index contributed by atoms with van der Waals surface area (Å²) in [5.74, 6) is -0.261. The maximum Gasteiger partial charge on any atom is 0.328 e. The molecule has 0 aliphatic carbocycles. The van der Waals surface area contributed by atoms with Crippen molar-refractivity contribution >= 4 is 23.4 Å². The Balaban J connectivity index is 1.77. The summed E-state index contributed by atoms with van der Waals surface area (Å²) in [5, 5.41) is 10.8. The molecule has 2 aliphatic heterocycles. The number of nitrogens with zero attached hydrogens (tertiary/aromatic N) is 2. The first-order chi connectivity index (χ1) is 12.7. The van der Waals surface area contributed by atoms with Crippen LogP contribution in [0.15, 0.2) is 48.5 Å². The zero-order valence-corrected chi connectivity index (χ0v) is 15.4. The molecule has 1 saturated heterocycles. The zero-order chi connectivity index (χ0) is 19.4. The number of nitro groups is 1. The molecule has 2 heterocycles. The maximum atomic E-state index is 12.2. The van der Waals surface area contributed by atoms with Crippen molar-refractivity contribution in [3.63, 3.8) is 0 Å². The first kappa shape index (κ1) is 17.3. The van der Waals surface area contributed by atoms with Gasteiger partial charge in [0.2, 0.25) is 5.72 Å². The Bertz CT molecular complexity index is 978. The Hall–Kier alpha value is -3.15. The van der Waals surface area contributed by atoms with Gasteiger partial charge >= 0.3 is 5.97 Å². The van der Waals surface area contributed by atoms with Crippen LogP contribution in [0.1, 0.15) is 30.5 Å². The van der Waals surface area contributed by atoms with Gasteiger partial charge in [0.1, 0.15) is 6.54 Å². The second kappa shape index (κ2) is 5.67. The molecule has 1 unspecified atom stereocenters. The highest BCUT2D eigenvalue weighted by Gasteiger charge is 2.62. The molecule has 0 saturated carbocycles. The highest BCUT2D eigenvalue weighted by Crippen LogP contribution is 2.55. The van der Waals surface area contributed by atoms with Crippen LogP contribution in [0, 0.1) is 17.0 Å². The van der Waals surface area contributed by atoms with E-state index in [-0.39, 0.29) is 18.2 Å². The average Bonchev–Trinajstić information content (AvgIpc) is 3.05. The molecular weight excluding hydrogens is 344 g/mol. The first-order valence-electron chi connectivity index (χ1n) is 8.79. The number of rotatable bonds is 3. The Morgan fingerprint density at radius 1 is 1.19 bits per heavy atom. The van der Waals surface area contributed by atoms with E-state index in [0.717, 1.165) is 22.4 Å². The second-order valence-electron chi connectivity index (χ2n) is 7.58. The number of ether oxygens (including phenoxy) is 1. The molecule has 6 heteroatoms. The van der Waals surface area contributed by atoms with Gasteiger partial charge in [0.25, 0.3) is 5.69 Å². The van der Waals surface area contributed by atoms with Crippen LogP contribution < -0.4 is 4.90 Å². The predicted octanol–water partition coefficient (Wildman–Crippen LogP) is 3.97. The summed E-state index contributed by atoms with van der Waals surface area (Å²) in [4.78, 5) is 24.6. The minimum Gasteiger partial charge on any atom is -0.433 e. The van der Waals surface area contributed by atoms with E-state index in [1.807, 2.05) is 36.1 Å². The van der Waals surface area contributed by atoms with Gasteiger partial charge in [0, 0.05) is 17.8 Å². The van der Waals surface area contributed by atoms with E-state index in [2.05, 4.69) is 19.9 Å². The monoisotopic (exact) mass is 364 g/mol. The Morgan fingerprint density at radius 2 is 1.89 bits per heavy atom. The number of anilines is 1. The number of benzene rings is 2. The maximum absolute atomic E-state index is 12.2. The van der Waals surface area contributed by atoms with Crippen LogP contribution in [0.3, 0.4) is 0 Å². The fourth-order valence-electron chi connectivity index (χ4n) is 4.06. The fourth-order valence-corrected chi connectivity index (χ4v) is 4.06. The van der Waals surface area contributed by atoms with Crippen LogP contribution in [-0.4, -0.2) is 23.2 Å². The lowest BCUT2D eigenvalue weighted by Crippen LogP contribution is -2.51. The molecule has 0 bridgehead atoms. The number of fused-ring (bicyclic) bond motifs is 3. The van der Waals surface area contributed by atoms with Crippen molar-refractivity contribution in [2.45, 2.75) is 31.9 Å². The van der Waals surface area contributed by atoms with Crippen LogP contribution in [-0.2, 0) is 14.9 Å². The van der Waals surface area contributed by atoms with Gasteiger partial charge < -0.3 is 9.64 Å². The van der Waals surface area contributed by atoms with E-state index >= 15 is 0 Å². The summed E-state index contributed by atoms with van der Waals surface area (Å²) in [6, 6.07) is 12.5. The van der Waals surface area contributed by atoms with E-state index < -0.39 is 16.1 Å². The van der Waals surface area contributed by atoms with Gasteiger partial charge in [-0.1, -0.05) is 23.8 Å². The van der Waals surface area contributed by atoms with E-state index in [9.17, 15) is 14.9 Å². The molecule has 2 aliphatic rings. The van der Waals surface area contributed by atoms with Gasteiger partial charge in [-0.25, -0.2) is 0 Å². The molecule has 27 heavy (non-hydrogen) atoms. The number of carbonyl (C=O) groups is 1. The number of carbonyl (C=O) groups excluding carboxylic acids is 1. The lowest BCUT2D eigenvalue weighted by molar-refractivity contribution is -0.384. The smallest absolute Gasteiger partial charge is 0.328 e. The highest BCUT2D eigenvalue weighted by molar-refractivity contribution is 5.86. The van der Waals surface area contributed by atoms with Crippen molar-refractivity contribution in [3.8, 4) is 0 Å². The van der Waals surface area contributed by atoms with Crippen molar-refractivity contribution in [2.75, 3.05) is 11.4 Å². The Labute approximate surface area is 157 Å². The zero-order valence-electron chi connectivity index (χ0n) is 15.4. The number of aryl methyl sites for hydroxylation is 1. The van der Waals surface area contributed by atoms with Crippen LogP contribution >= 0.6 is 0 Å². The average molecular weight is 364 g/mol. The molecule has 0 amide bonds. The minimum absolute atomic E-state index is 0.0447. The van der Waals surface area contributed by atoms with Crippen molar-refractivity contribution in [3.05, 3.63) is 75.3 Å². The largest absolute Gasteiger partial charge is 0.433 e. The topological polar surface area (TPSA) is 72.7 Å². The van der Waals surface area contributed by atoms with E-state index in [0.29, 0.717) is 0 Å². The van der Waals surface area contributed by atoms with Crippen molar-refractivity contribution in [1.82, 2.24) is 0 Å². The minimum atomic E-state index is -0.915. The highest BCUT2D eigenvalue weighted by atomic mass is 16.6. The number of esters is 1. The van der Waals surface area contributed by atoms with E-state index in [1.165, 1.54) is 12.1 Å². The summed E-state index contributed by atoms with van der Waals surface area (Å²) in [7, 11) is 0. The molecule has 0 radical (unpaired) electrons. The standard InChI is InChI=1S/C21H20N2O4/c1-14-4-9-18-17(12-14)20(2,3)21(22(18)13-19(24)27-21)11-10-15-5-7-16(8-6-15)23(25)26/h4-12H,13H2,1-3H3. The molecule has 0 N–H and O–H groups in total. The first-order valence-corrected chi connectivity index (χ1v) is 8.79. The van der Waals surface area contributed by atoms with Crippen molar-refractivity contribution in [1.29, 1.82) is 0 Å². The van der Waals surface area contributed by atoms with E-state index in [1.54, 1.807) is 12.1 Å². The summed E-state index contributed by atoms with van der Waals surface area (Å²) in [6.07, 6.45) is 3.75. The summed E-state index contributed by atoms with van der Waals surface area (Å²) < 4.78 is 5.89. The summed E-state index contributed by atoms with van der Waals surface area (Å²) in [6.45, 7) is 6.39. The summed E-state index contributed by atoms with van der Waals surface area (Å²) >= 11 is 0. The third-order valence-electron chi connectivity index (χ3n) is 5.57. The molecule has 1 fully saturated rings. The summed E-state index contributed by atoms with van der Waals surface area (Å²) in [5.41, 5.74) is 2.79. The van der Waals surface area contributed by atoms with Gasteiger partial charge in [-0.05, 0) is 56.2 Å². The number of nitro benzene ring substituents is 1. The molecule has 2 aromatic carbocycles. The lowest BCUT2D eigenvalue weighted by atomic mass is 9.77. The number of non-ortho nitro benzene ring substituents is 1. The second-order valence-corrected chi connectivity index (χ2v) is 7.58. The molecular formula is C21H20N2O4. The molecule has 6 nitrogen and oxygen atoms in total. The van der Waals surface area contributed by atoms with Crippen molar-refractivity contribution in [2.24, 2.45) is 0 Å². The molecule has 2 aromatic rings. The number of hydrogen-bond donors (Lipinski definition) is 0. The Kier molecular flexibility index (Phi) is 3.63. The molecule has 138 valence electrons. The quantitative estimate of drug-likeness (QED) is 0.468. The van der Waals surface area contributed by atoms with Crippen LogP contribution in [0.4, 0.5) is 11.4 Å². The van der Waals surface area contributed by atoms with Gasteiger partial charge in [0.05, 0.1) is 10.3 Å². The van der Waals surface area contributed by atoms with Gasteiger partial charge in [-0.3, -0.25) is 14.9 Å². The lowest BCUT2D eigenvalue weighted by Gasteiger charge is -2.38. The van der Waals surface area contributed by atoms with Crippen molar-refractivity contribution < 1.29 is 14.5 Å². The molecule has 1 atom stereocenters. The molecule has 4 rings (SSSR count). The van der Waals surface area contributed by atoms with Crippen LogP contribution in [0.25, 0.3) is 6.08 Å². The molecule has 0 spiro atoms. The molecule has 0 aromatic heterocycles. The van der Waals surface area contributed by atoms with E-state index in [4.69, 9.17) is 4.74 Å². The SMILES string of the molecule is Cc1ccc2c(c1)C(C)(C)C1(C=Cc3ccc([N+](=O)[O-])cc3)OC(=O)CN21. The normalized spacial score (nSPS) is 22.6. The van der Waals surface area contributed by atoms with Gasteiger partial charge in [0.15, 0.2) is 0 Å². The fraction of sp³-hybridized carbons (Fsp3) is 0.286. The third kappa shape index (κ3) is 2.44. The van der Waals surface area contributed by atoms with Gasteiger partial charge in [-0.15, -0.1) is 0 Å². The van der Waals surface area contributed by atoms with Crippen LogP contribution in [0.5, 0.6) is 0 Å². The van der Waals surface area contributed by atoms with Crippen LogP contribution in [0.2, 0.25) is 0 Å². The Morgan fingerprint density at radius 3 is 2.56 bits per heavy atom. The van der Waals surface area contributed by atoms with Gasteiger partial charge in [-0.2, -0.15) is 0 Å².